The minimum Gasteiger partial charge on any atom is -0.496 e. The van der Waals surface area contributed by atoms with Crippen molar-refractivity contribution in [2.75, 3.05) is 14.2 Å². The molecule has 0 aromatic heterocycles. The van der Waals surface area contributed by atoms with E-state index in [1.165, 1.54) is 7.11 Å². The average Bonchev–Trinajstić information content (AvgIpc) is 2.28. The zero-order valence-electron chi connectivity index (χ0n) is 9.20. The second-order valence-corrected chi connectivity index (χ2v) is 4.54. The van der Waals surface area contributed by atoms with Gasteiger partial charge in [-0.15, -0.1) is 0 Å². The van der Waals surface area contributed by atoms with Gasteiger partial charge in [0, 0.05) is 9.99 Å². The molecule has 0 heterocycles. The molecule has 0 amide bonds. The zero-order valence-corrected chi connectivity index (χ0v) is 11.4. The monoisotopic (exact) mass is 335 g/mol. The molecule has 4 nitrogen and oxygen atoms in total. The molecule has 1 aromatic carbocycles. The second kappa shape index (κ2) is 6.05. The number of benzene rings is 1. The summed E-state index contributed by atoms with van der Waals surface area (Å²) in [6.07, 6.45) is 0.409. The first-order valence-corrected chi connectivity index (χ1v) is 5.82. The Kier molecular flexibility index (Phi) is 5.01. The van der Waals surface area contributed by atoms with Gasteiger partial charge in [-0.25, -0.2) is 0 Å². The van der Waals surface area contributed by atoms with E-state index in [1.54, 1.807) is 7.11 Å². The molecule has 88 valence electrons. The summed E-state index contributed by atoms with van der Waals surface area (Å²) in [6, 6.07) is 5.09. The van der Waals surface area contributed by atoms with Crippen LogP contribution in [0, 0.1) is 3.57 Å². The van der Waals surface area contributed by atoms with Crippen LogP contribution in [0.1, 0.15) is 5.56 Å². The molecule has 0 saturated heterocycles. The Morgan fingerprint density at radius 2 is 2.19 bits per heavy atom. The number of ether oxygens (including phenoxy) is 2. The lowest BCUT2D eigenvalue weighted by atomic mass is 10.1. The van der Waals surface area contributed by atoms with Gasteiger partial charge in [0.2, 0.25) is 0 Å². The summed E-state index contributed by atoms with van der Waals surface area (Å²) in [4.78, 5) is 11.2. The summed E-state index contributed by atoms with van der Waals surface area (Å²) >= 11 is 2.20. The summed E-state index contributed by atoms with van der Waals surface area (Å²) in [5.74, 6) is 0.320. The molecule has 1 aromatic rings. The van der Waals surface area contributed by atoms with Crippen molar-refractivity contribution < 1.29 is 14.3 Å². The fourth-order valence-corrected chi connectivity index (χ4v) is 1.93. The molecule has 0 saturated carbocycles. The van der Waals surface area contributed by atoms with Crippen molar-refractivity contribution in [1.82, 2.24) is 0 Å². The normalized spacial score (nSPS) is 12.0. The number of methoxy groups -OCH3 is 2. The quantitative estimate of drug-likeness (QED) is 0.666. The Bertz CT molecular complexity index is 381. The first-order valence-electron chi connectivity index (χ1n) is 4.74. The lowest BCUT2D eigenvalue weighted by Gasteiger charge is -2.12. The van der Waals surface area contributed by atoms with E-state index < -0.39 is 12.0 Å². The summed E-state index contributed by atoms with van der Waals surface area (Å²) < 4.78 is 10.9. The van der Waals surface area contributed by atoms with E-state index in [9.17, 15) is 4.79 Å². The van der Waals surface area contributed by atoms with Crippen LogP contribution in [0.2, 0.25) is 0 Å². The van der Waals surface area contributed by atoms with E-state index in [1.807, 2.05) is 18.2 Å². The molecule has 1 unspecified atom stereocenters. The number of carbonyl (C=O) groups excluding carboxylic acids is 1. The number of hydrogen-bond acceptors (Lipinski definition) is 4. The van der Waals surface area contributed by atoms with Gasteiger partial charge in [-0.05, 0) is 46.4 Å². The number of rotatable bonds is 4. The first-order chi connectivity index (χ1) is 7.58. The highest BCUT2D eigenvalue weighted by molar-refractivity contribution is 14.1. The number of hydrogen-bond donors (Lipinski definition) is 1. The van der Waals surface area contributed by atoms with Crippen molar-refractivity contribution in [2.45, 2.75) is 12.5 Å². The Labute approximate surface area is 108 Å². The largest absolute Gasteiger partial charge is 0.496 e. The number of carbonyl (C=O) groups is 1. The Balaban J connectivity index is 2.86. The van der Waals surface area contributed by atoms with Gasteiger partial charge >= 0.3 is 5.97 Å². The van der Waals surface area contributed by atoms with Crippen LogP contribution >= 0.6 is 22.6 Å². The van der Waals surface area contributed by atoms with Crippen LogP contribution in [0.5, 0.6) is 5.75 Å². The third-order valence-electron chi connectivity index (χ3n) is 2.19. The van der Waals surface area contributed by atoms with Crippen molar-refractivity contribution in [1.29, 1.82) is 0 Å². The van der Waals surface area contributed by atoms with Crippen LogP contribution in [0.15, 0.2) is 18.2 Å². The molecule has 0 radical (unpaired) electrons. The SMILES string of the molecule is COC(=O)C(N)Cc1cc(I)ccc1OC. The predicted molar refractivity (Wildman–Crippen MR) is 69.4 cm³/mol. The van der Waals surface area contributed by atoms with Crippen LogP contribution in [0.25, 0.3) is 0 Å². The molecule has 5 heteroatoms. The summed E-state index contributed by atoms with van der Waals surface area (Å²) in [5, 5.41) is 0. The van der Waals surface area contributed by atoms with Crippen molar-refractivity contribution in [3.8, 4) is 5.75 Å². The standard InChI is InChI=1S/C11H14INO3/c1-15-10-4-3-8(12)5-7(10)6-9(13)11(14)16-2/h3-5,9H,6,13H2,1-2H3. The molecule has 0 spiro atoms. The lowest BCUT2D eigenvalue weighted by molar-refractivity contribution is -0.142. The maximum absolute atomic E-state index is 11.2. The summed E-state index contributed by atoms with van der Waals surface area (Å²) in [6.45, 7) is 0. The van der Waals surface area contributed by atoms with E-state index in [0.717, 1.165) is 14.9 Å². The average molecular weight is 335 g/mol. The molecule has 16 heavy (non-hydrogen) atoms. The molecule has 1 atom stereocenters. The molecular weight excluding hydrogens is 321 g/mol. The highest BCUT2D eigenvalue weighted by atomic mass is 127. The Morgan fingerprint density at radius 1 is 1.50 bits per heavy atom. The van der Waals surface area contributed by atoms with Gasteiger partial charge in [0.1, 0.15) is 11.8 Å². The number of esters is 1. The van der Waals surface area contributed by atoms with E-state index in [2.05, 4.69) is 27.3 Å². The fraction of sp³-hybridized carbons (Fsp3) is 0.364. The molecule has 0 fully saturated rings. The van der Waals surface area contributed by atoms with Crippen LogP contribution in [0.4, 0.5) is 0 Å². The van der Waals surface area contributed by atoms with Gasteiger partial charge in [0.25, 0.3) is 0 Å². The van der Waals surface area contributed by atoms with Crippen LogP contribution in [-0.2, 0) is 16.0 Å². The van der Waals surface area contributed by atoms with Gasteiger partial charge in [0.05, 0.1) is 14.2 Å². The second-order valence-electron chi connectivity index (χ2n) is 3.29. The molecule has 1 rings (SSSR count). The smallest absolute Gasteiger partial charge is 0.322 e. The molecule has 0 aliphatic rings. The number of nitrogens with two attached hydrogens (primary N) is 1. The van der Waals surface area contributed by atoms with Crippen molar-refractivity contribution in [3.63, 3.8) is 0 Å². The zero-order chi connectivity index (χ0) is 12.1. The molecule has 2 N–H and O–H groups in total. The molecule has 0 aliphatic carbocycles. The molecule has 0 bridgehead atoms. The van der Waals surface area contributed by atoms with E-state index in [-0.39, 0.29) is 0 Å². The third kappa shape index (κ3) is 3.34. The molecule has 0 aliphatic heterocycles. The van der Waals surface area contributed by atoms with Gasteiger partial charge in [-0.2, -0.15) is 0 Å². The van der Waals surface area contributed by atoms with Crippen LogP contribution < -0.4 is 10.5 Å². The van der Waals surface area contributed by atoms with Crippen molar-refractivity contribution in [3.05, 3.63) is 27.3 Å². The lowest BCUT2D eigenvalue weighted by Crippen LogP contribution is -2.33. The third-order valence-corrected chi connectivity index (χ3v) is 2.86. The maximum Gasteiger partial charge on any atom is 0.322 e. The van der Waals surface area contributed by atoms with E-state index in [0.29, 0.717) is 6.42 Å². The predicted octanol–water partition coefficient (Wildman–Crippen LogP) is 1.34. The highest BCUT2D eigenvalue weighted by Gasteiger charge is 2.16. The topological polar surface area (TPSA) is 61.5 Å². The minimum atomic E-state index is -0.655. The van der Waals surface area contributed by atoms with Gasteiger partial charge in [0.15, 0.2) is 0 Å². The Morgan fingerprint density at radius 3 is 2.75 bits per heavy atom. The first kappa shape index (κ1) is 13.2. The van der Waals surface area contributed by atoms with Crippen molar-refractivity contribution in [2.24, 2.45) is 5.73 Å². The van der Waals surface area contributed by atoms with E-state index >= 15 is 0 Å². The summed E-state index contributed by atoms with van der Waals surface area (Å²) in [7, 11) is 2.92. The van der Waals surface area contributed by atoms with Gasteiger partial charge in [-0.1, -0.05) is 0 Å². The number of halogens is 1. The Hall–Kier alpha value is -0.820. The van der Waals surface area contributed by atoms with Crippen LogP contribution in [-0.4, -0.2) is 26.2 Å². The molecular formula is C11H14INO3. The summed E-state index contributed by atoms with van der Waals surface area (Å²) in [5.41, 5.74) is 6.61. The maximum atomic E-state index is 11.2. The highest BCUT2D eigenvalue weighted by Crippen LogP contribution is 2.22. The van der Waals surface area contributed by atoms with Gasteiger partial charge in [-0.3, -0.25) is 4.79 Å². The fourth-order valence-electron chi connectivity index (χ4n) is 1.38. The van der Waals surface area contributed by atoms with Gasteiger partial charge < -0.3 is 15.2 Å². The van der Waals surface area contributed by atoms with Crippen LogP contribution in [0.3, 0.4) is 0 Å². The van der Waals surface area contributed by atoms with Crippen molar-refractivity contribution >= 4 is 28.6 Å². The minimum absolute atomic E-state index is 0.409. The van der Waals surface area contributed by atoms with E-state index in [4.69, 9.17) is 10.5 Å².